The lowest BCUT2D eigenvalue weighted by atomic mass is 9.80. The van der Waals surface area contributed by atoms with E-state index in [0.29, 0.717) is 21.9 Å². The molecule has 6 aromatic rings. The van der Waals surface area contributed by atoms with Gasteiger partial charge in [0, 0.05) is 5.39 Å². The zero-order chi connectivity index (χ0) is 28.3. The summed E-state index contributed by atoms with van der Waals surface area (Å²) in [4.78, 5) is 50.2. The number of rotatable bonds is 5. The third-order valence-electron chi connectivity index (χ3n) is 7.20. The lowest BCUT2D eigenvalue weighted by Gasteiger charge is -2.21. The second-order valence-corrected chi connectivity index (χ2v) is 9.31. The highest BCUT2D eigenvalue weighted by Gasteiger charge is 2.35. The van der Waals surface area contributed by atoms with Gasteiger partial charge < -0.3 is 20.4 Å². The van der Waals surface area contributed by atoms with Gasteiger partial charge in [0.05, 0.1) is 22.3 Å². The average molecular weight is 530 g/mol. The Morgan fingerprint density at radius 1 is 0.400 bits per heavy atom. The van der Waals surface area contributed by atoms with Gasteiger partial charge in [-0.15, -0.1) is 0 Å². The zero-order valence-electron chi connectivity index (χ0n) is 20.5. The van der Waals surface area contributed by atoms with E-state index in [-0.39, 0.29) is 10.8 Å². The summed E-state index contributed by atoms with van der Waals surface area (Å²) < 4.78 is 0. The molecule has 0 unspecified atom stereocenters. The summed E-state index contributed by atoms with van der Waals surface area (Å²) in [6.07, 6.45) is 0. The van der Waals surface area contributed by atoms with E-state index in [0.717, 1.165) is 21.5 Å². The molecular weight excluding hydrogens is 512 g/mol. The topological polar surface area (TPSA) is 149 Å². The van der Waals surface area contributed by atoms with Crippen molar-refractivity contribution < 1.29 is 39.6 Å². The zero-order valence-corrected chi connectivity index (χ0v) is 20.5. The first-order valence-electron chi connectivity index (χ1n) is 12.1. The summed E-state index contributed by atoms with van der Waals surface area (Å²) in [6, 6.07) is 25.2. The Labute approximate surface area is 224 Å². The van der Waals surface area contributed by atoms with E-state index in [1.54, 1.807) is 24.3 Å². The highest BCUT2D eigenvalue weighted by molar-refractivity contribution is 6.31. The van der Waals surface area contributed by atoms with E-state index >= 15 is 0 Å². The summed E-state index contributed by atoms with van der Waals surface area (Å²) in [5.74, 6) is -7.10. The first-order chi connectivity index (χ1) is 19.2. The van der Waals surface area contributed by atoms with E-state index in [4.69, 9.17) is 0 Å². The average Bonchev–Trinajstić information content (AvgIpc) is 2.93. The minimum absolute atomic E-state index is 0.160. The van der Waals surface area contributed by atoms with Gasteiger partial charge in [-0.3, -0.25) is 0 Å². The van der Waals surface area contributed by atoms with E-state index in [9.17, 15) is 39.6 Å². The molecular formula is C32H18O8. The molecule has 0 saturated heterocycles. The first kappa shape index (κ1) is 24.6. The van der Waals surface area contributed by atoms with Crippen LogP contribution in [0.25, 0.3) is 54.2 Å². The molecule has 0 aliphatic heterocycles. The largest absolute Gasteiger partial charge is 0.478 e. The van der Waals surface area contributed by atoms with E-state index in [1.165, 1.54) is 6.07 Å². The Bertz CT molecular complexity index is 2070. The molecule has 8 heteroatoms. The molecule has 0 radical (unpaired) electrons. The molecule has 0 amide bonds. The van der Waals surface area contributed by atoms with Gasteiger partial charge in [0.25, 0.3) is 0 Å². The van der Waals surface area contributed by atoms with Crippen LogP contribution in [-0.2, 0) is 0 Å². The maximum absolute atomic E-state index is 12.8. The van der Waals surface area contributed by atoms with Gasteiger partial charge in [0.2, 0.25) is 0 Å². The van der Waals surface area contributed by atoms with Crippen LogP contribution < -0.4 is 0 Å². The van der Waals surface area contributed by atoms with Crippen molar-refractivity contribution in [3.63, 3.8) is 0 Å². The molecule has 0 heterocycles. The Kier molecular flexibility index (Phi) is 5.48. The van der Waals surface area contributed by atoms with Crippen LogP contribution in [-0.4, -0.2) is 44.3 Å². The fraction of sp³-hybridized carbons (Fsp3) is 0. The minimum Gasteiger partial charge on any atom is -0.478 e. The van der Waals surface area contributed by atoms with Gasteiger partial charge in [-0.25, -0.2) is 19.2 Å². The van der Waals surface area contributed by atoms with E-state index in [2.05, 4.69) is 0 Å². The Balaban J connectivity index is 2.06. The van der Waals surface area contributed by atoms with Crippen LogP contribution in [0, 0.1) is 0 Å². The summed E-state index contributed by atoms with van der Waals surface area (Å²) in [7, 11) is 0. The standard InChI is InChI=1S/C32H18O8/c33-29(34)25-21-14-17-9-3-6-12-20(17)23(24(21)26(30(35)36)28(32(39)40)27(25)31(37)38)22-18-10-4-1-7-15(18)13-16-8-2-5-11-19(16)22/h1-14H,(H,33,34)(H,35,36)(H,37,38)(H,39,40). The van der Waals surface area contributed by atoms with Gasteiger partial charge in [0.15, 0.2) is 0 Å². The van der Waals surface area contributed by atoms with Crippen molar-refractivity contribution in [2.45, 2.75) is 0 Å². The molecule has 4 N–H and O–H groups in total. The number of hydrogen-bond donors (Lipinski definition) is 4. The lowest BCUT2D eigenvalue weighted by Crippen LogP contribution is -2.20. The normalized spacial score (nSPS) is 11.3. The van der Waals surface area contributed by atoms with Crippen molar-refractivity contribution in [3.05, 3.63) is 107 Å². The molecule has 0 saturated carbocycles. The van der Waals surface area contributed by atoms with Crippen molar-refractivity contribution >= 4 is 67.0 Å². The molecule has 194 valence electrons. The lowest BCUT2D eigenvalue weighted by molar-refractivity contribution is 0.0621. The quantitative estimate of drug-likeness (QED) is 0.179. The van der Waals surface area contributed by atoms with Gasteiger partial charge in [0.1, 0.15) is 0 Å². The third kappa shape index (κ3) is 3.47. The monoisotopic (exact) mass is 530 g/mol. The van der Waals surface area contributed by atoms with Gasteiger partial charge >= 0.3 is 23.9 Å². The number of carboxylic acids is 4. The number of benzene rings is 6. The van der Waals surface area contributed by atoms with Gasteiger partial charge in [-0.2, -0.15) is 0 Å². The molecule has 0 atom stereocenters. The van der Waals surface area contributed by atoms with Crippen LogP contribution in [0.5, 0.6) is 0 Å². The molecule has 8 nitrogen and oxygen atoms in total. The molecule has 40 heavy (non-hydrogen) atoms. The predicted octanol–water partition coefficient (Wildman–Crippen LogP) is 6.76. The van der Waals surface area contributed by atoms with Crippen LogP contribution in [0.15, 0.2) is 84.9 Å². The molecule has 0 aromatic heterocycles. The maximum Gasteiger partial charge on any atom is 0.337 e. The first-order valence-corrected chi connectivity index (χ1v) is 12.1. The smallest absolute Gasteiger partial charge is 0.337 e. The Hall–Kier alpha value is -5.76. The van der Waals surface area contributed by atoms with Crippen LogP contribution in [0.4, 0.5) is 0 Å². The van der Waals surface area contributed by atoms with Crippen LogP contribution in [0.2, 0.25) is 0 Å². The Morgan fingerprint density at radius 2 is 0.775 bits per heavy atom. The Morgan fingerprint density at radius 3 is 1.23 bits per heavy atom. The maximum atomic E-state index is 12.8. The second kappa shape index (κ2) is 8.92. The molecule has 0 aliphatic carbocycles. The van der Waals surface area contributed by atoms with E-state index < -0.39 is 46.1 Å². The van der Waals surface area contributed by atoms with Crippen LogP contribution >= 0.6 is 0 Å². The van der Waals surface area contributed by atoms with E-state index in [1.807, 2.05) is 54.6 Å². The number of aromatic carboxylic acids is 4. The van der Waals surface area contributed by atoms with Crippen LogP contribution in [0.3, 0.4) is 0 Å². The van der Waals surface area contributed by atoms with Crippen molar-refractivity contribution in [3.8, 4) is 11.1 Å². The fourth-order valence-electron chi connectivity index (χ4n) is 5.72. The highest BCUT2D eigenvalue weighted by Crippen LogP contribution is 2.46. The molecule has 0 aliphatic rings. The number of fused-ring (bicyclic) bond motifs is 4. The minimum atomic E-state index is -1.86. The summed E-state index contributed by atoms with van der Waals surface area (Å²) in [5.41, 5.74) is -2.88. The summed E-state index contributed by atoms with van der Waals surface area (Å²) in [5, 5.41) is 44.6. The number of hydrogen-bond acceptors (Lipinski definition) is 4. The van der Waals surface area contributed by atoms with Crippen molar-refractivity contribution in [2.75, 3.05) is 0 Å². The van der Waals surface area contributed by atoms with Crippen LogP contribution in [0.1, 0.15) is 41.4 Å². The summed E-state index contributed by atoms with van der Waals surface area (Å²) >= 11 is 0. The molecule has 6 rings (SSSR count). The fourth-order valence-corrected chi connectivity index (χ4v) is 5.72. The highest BCUT2D eigenvalue weighted by atomic mass is 16.4. The van der Waals surface area contributed by atoms with Gasteiger partial charge in [-0.05, 0) is 61.0 Å². The van der Waals surface area contributed by atoms with Crippen molar-refractivity contribution in [2.24, 2.45) is 0 Å². The predicted molar refractivity (Wildman–Crippen MR) is 150 cm³/mol. The number of carbonyl (C=O) groups is 4. The van der Waals surface area contributed by atoms with Crippen molar-refractivity contribution in [1.82, 2.24) is 0 Å². The SMILES string of the molecule is O=C(O)c1c(C(=O)O)c(C(=O)O)c2c(-c3c4ccccc4cc4ccccc34)c3ccccc3cc2c1C(=O)O. The third-order valence-corrected chi connectivity index (χ3v) is 7.20. The molecule has 0 bridgehead atoms. The molecule has 0 spiro atoms. The van der Waals surface area contributed by atoms with Gasteiger partial charge in [-0.1, -0.05) is 72.8 Å². The molecule has 0 fully saturated rings. The molecule has 6 aromatic carbocycles. The second-order valence-electron chi connectivity index (χ2n) is 9.31. The van der Waals surface area contributed by atoms with Crippen molar-refractivity contribution in [1.29, 1.82) is 0 Å². The summed E-state index contributed by atoms with van der Waals surface area (Å²) in [6.45, 7) is 0. The number of carboxylic acid groups (broad SMARTS) is 4.